The Bertz CT molecular complexity index is 782. The van der Waals surface area contributed by atoms with E-state index >= 15 is 0 Å². The molecule has 0 unspecified atom stereocenters. The predicted octanol–water partition coefficient (Wildman–Crippen LogP) is 2.04. The third-order valence-electron chi connectivity index (χ3n) is 3.05. The van der Waals surface area contributed by atoms with E-state index in [1.807, 2.05) is 0 Å². The predicted molar refractivity (Wildman–Crippen MR) is 92.9 cm³/mol. The van der Waals surface area contributed by atoms with Gasteiger partial charge in [0, 0.05) is 23.4 Å². The van der Waals surface area contributed by atoms with Gasteiger partial charge in [-0.15, -0.1) is 0 Å². The van der Waals surface area contributed by atoms with E-state index in [4.69, 9.17) is 0 Å². The third-order valence-corrected chi connectivity index (χ3v) is 4.90. The lowest BCUT2D eigenvalue weighted by molar-refractivity contribution is 0.0954. The summed E-state index contributed by atoms with van der Waals surface area (Å²) in [6.45, 7) is 0.315. The van der Waals surface area contributed by atoms with Gasteiger partial charge in [0.25, 0.3) is 5.91 Å². The van der Waals surface area contributed by atoms with Crippen molar-refractivity contribution >= 4 is 37.5 Å². The van der Waals surface area contributed by atoms with E-state index < -0.39 is 10.0 Å². The van der Waals surface area contributed by atoms with Gasteiger partial charge >= 0.3 is 0 Å². The number of benzene rings is 1. The molecule has 6 nitrogen and oxygen atoms in total. The molecule has 1 amide bonds. The van der Waals surface area contributed by atoms with Crippen LogP contribution in [-0.4, -0.2) is 38.7 Å². The van der Waals surface area contributed by atoms with Gasteiger partial charge in [-0.1, -0.05) is 12.1 Å². The molecule has 122 valence electrons. The summed E-state index contributed by atoms with van der Waals surface area (Å²) in [6, 6.07) is 10.3. The number of hydrogen-bond donors (Lipinski definition) is 1. The number of rotatable bonds is 6. The second-order valence-corrected chi connectivity index (χ2v) is 7.55. The maximum absolute atomic E-state index is 12.0. The summed E-state index contributed by atoms with van der Waals surface area (Å²) in [5.41, 5.74) is 0.963. The van der Waals surface area contributed by atoms with Crippen molar-refractivity contribution in [2.24, 2.45) is 0 Å². The molecule has 0 radical (unpaired) electrons. The number of nitrogens with zero attached hydrogens (tertiary/aromatic N) is 2. The van der Waals surface area contributed by atoms with Crippen LogP contribution in [0.2, 0.25) is 0 Å². The molecule has 0 fully saturated rings. The Morgan fingerprint density at radius 1 is 1.26 bits per heavy atom. The first kappa shape index (κ1) is 17.4. The SMILES string of the molecule is CS(=O)(=O)N(CCNC(=O)c1cccnc1)c1ccccc1Br. The van der Waals surface area contributed by atoms with Crippen LogP contribution in [0.15, 0.2) is 53.3 Å². The maximum atomic E-state index is 12.0. The molecule has 2 aromatic rings. The second-order valence-electron chi connectivity index (χ2n) is 4.78. The van der Waals surface area contributed by atoms with Gasteiger partial charge in [-0.2, -0.15) is 0 Å². The van der Waals surface area contributed by atoms with Gasteiger partial charge in [0.15, 0.2) is 0 Å². The van der Waals surface area contributed by atoms with Gasteiger partial charge < -0.3 is 5.32 Å². The van der Waals surface area contributed by atoms with Crippen LogP contribution < -0.4 is 9.62 Å². The summed E-state index contributed by atoms with van der Waals surface area (Å²) in [7, 11) is -3.46. The highest BCUT2D eigenvalue weighted by Crippen LogP contribution is 2.27. The Morgan fingerprint density at radius 3 is 2.61 bits per heavy atom. The molecule has 2 rings (SSSR count). The highest BCUT2D eigenvalue weighted by molar-refractivity contribution is 9.10. The van der Waals surface area contributed by atoms with Crippen LogP contribution in [-0.2, 0) is 10.0 Å². The van der Waals surface area contributed by atoms with Gasteiger partial charge in [-0.3, -0.25) is 14.1 Å². The van der Waals surface area contributed by atoms with Crippen LogP contribution in [0, 0.1) is 0 Å². The largest absolute Gasteiger partial charge is 0.350 e. The second kappa shape index (κ2) is 7.56. The standard InChI is InChI=1S/C15H16BrN3O3S/c1-23(21,22)19(14-7-3-2-6-13(14)16)10-9-18-15(20)12-5-4-8-17-11-12/h2-8,11H,9-10H2,1H3,(H,18,20). The Hall–Kier alpha value is -1.93. The molecule has 0 aliphatic carbocycles. The third kappa shape index (κ3) is 4.77. The summed E-state index contributed by atoms with van der Waals surface area (Å²) in [4.78, 5) is 15.8. The first-order chi connectivity index (χ1) is 10.9. The molecule has 23 heavy (non-hydrogen) atoms. The van der Waals surface area contributed by atoms with Gasteiger partial charge in [0.2, 0.25) is 10.0 Å². The minimum absolute atomic E-state index is 0.132. The van der Waals surface area contributed by atoms with E-state index in [1.54, 1.807) is 42.6 Å². The summed E-state index contributed by atoms with van der Waals surface area (Å²) < 4.78 is 25.9. The molecule has 1 aromatic heterocycles. The molecular weight excluding hydrogens is 382 g/mol. The van der Waals surface area contributed by atoms with Gasteiger partial charge in [-0.05, 0) is 40.2 Å². The van der Waals surface area contributed by atoms with Crippen molar-refractivity contribution in [2.75, 3.05) is 23.7 Å². The number of para-hydroxylation sites is 1. The topological polar surface area (TPSA) is 79.4 Å². The van der Waals surface area contributed by atoms with E-state index in [9.17, 15) is 13.2 Å². The number of nitrogens with one attached hydrogen (secondary N) is 1. The lowest BCUT2D eigenvalue weighted by Crippen LogP contribution is -2.38. The van der Waals surface area contributed by atoms with E-state index in [0.717, 1.165) is 6.26 Å². The number of pyridine rings is 1. The van der Waals surface area contributed by atoms with Crippen molar-refractivity contribution < 1.29 is 13.2 Å². The van der Waals surface area contributed by atoms with E-state index in [-0.39, 0.29) is 19.0 Å². The monoisotopic (exact) mass is 397 g/mol. The van der Waals surface area contributed by atoms with Crippen LogP contribution in [0.3, 0.4) is 0 Å². The zero-order valence-corrected chi connectivity index (χ0v) is 14.8. The quantitative estimate of drug-likeness (QED) is 0.808. The van der Waals surface area contributed by atoms with E-state index in [0.29, 0.717) is 15.7 Å². The minimum Gasteiger partial charge on any atom is -0.350 e. The van der Waals surface area contributed by atoms with Gasteiger partial charge in [-0.25, -0.2) is 8.42 Å². The first-order valence-electron chi connectivity index (χ1n) is 6.80. The normalized spacial score (nSPS) is 11.0. The fraction of sp³-hybridized carbons (Fsp3) is 0.200. The number of amides is 1. The summed E-state index contributed by atoms with van der Waals surface area (Å²) in [5.74, 6) is -0.293. The van der Waals surface area contributed by atoms with Gasteiger partial charge in [0.1, 0.15) is 0 Å². The molecule has 0 atom stereocenters. The number of sulfonamides is 1. The molecule has 0 aliphatic heterocycles. The van der Waals surface area contributed by atoms with Crippen LogP contribution in [0.1, 0.15) is 10.4 Å². The Labute approximate surface area is 143 Å². The van der Waals surface area contributed by atoms with Crippen molar-refractivity contribution in [1.29, 1.82) is 0 Å². The summed E-state index contributed by atoms with van der Waals surface area (Å²) in [5, 5.41) is 2.69. The molecule has 0 spiro atoms. The highest BCUT2D eigenvalue weighted by atomic mass is 79.9. The number of halogens is 1. The number of carbonyl (C=O) groups is 1. The van der Waals surface area contributed by atoms with E-state index in [2.05, 4.69) is 26.2 Å². The Morgan fingerprint density at radius 2 is 2.00 bits per heavy atom. The number of anilines is 1. The number of aromatic nitrogens is 1. The fourth-order valence-corrected chi connectivity index (χ4v) is 3.54. The average molecular weight is 398 g/mol. The average Bonchev–Trinajstić information content (AvgIpc) is 2.52. The van der Waals surface area contributed by atoms with Crippen LogP contribution in [0.25, 0.3) is 0 Å². The summed E-state index contributed by atoms with van der Waals surface area (Å²) >= 11 is 3.35. The summed E-state index contributed by atoms with van der Waals surface area (Å²) in [6.07, 6.45) is 4.17. The molecule has 8 heteroatoms. The first-order valence-corrected chi connectivity index (χ1v) is 9.44. The molecule has 0 saturated carbocycles. The van der Waals surface area contributed by atoms with Crippen molar-refractivity contribution in [3.63, 3.8) is 0 Å². The smallest absolute Gasteiger partial charge is 0.252 e. The molecule has 0 bridgehead atoms. The fourth-order valence-electron chi connectivity index (χ4n) is 1.99. The van der Waals surface area contributed by atoms with Crippen LogP contribution >= 0.6 is 15.9 Å². The number of hydrogen-bond acceptors (Lipinski definition) is 4. The van der Waals surface area contributed by atoms with Crippen molar-refractivity contribution in [1.82, 2.24) is 10.3 Å². The molecular formula is C15H16BrN3O3S. The molecule has 1 heterocycles. The zero-order chi connectivity index (χ0) is 16.9. The number of carbonyl (C=O) groups excluding carboxylic acids is 1. The lowest BCUT2D eigenvalue weighted by atomic mass is 10.3. The molecule has 1 N–H and O–H groups in total. The van der Waals surface area contributed by atoms with Crippen molar-refractivity contribution in [3.8, 4) is 0 Å². The van der Waals surface area contributed by atoms with Gasteiger partial charge in [0.05, 0.1) is 24.1 Å². The minimum atomic E-state index is -3.46. The Kier molecular flexibility index (Phi) is 5.73. The molecule has 1 aromatic carbocycles. The maximum Gasteiger partial charge on any atom is 0.252 e. The van der Waals surface area contributed by atoms with Crippen molar-refractivity contribution in [2.45, 2.75) is 0 Å². The molecule has 0 saturated heterocycles. The molecule has 0 aliphatic rings. The van der Waals surface area contributed by atoms with Crippen LogP contribution in [0.4, 0.5) is 5.69 Å². The zero-order valence-electron chi connectivity index (χ0n) is 12.4. The van der Waals surface area contributed by atoms with E-state index in [1.165, 1.54) is 10.5 Å². The lowest BCUT2D eigenvalue weighted by Gasteiger charge is -2.23. The Balaban J connectivity index is 2.06. The highest BCUT2D eigenvalue weighted by Gasteiger charge is 2.19. The van der Waals surface area contributed by atoms with Crippen molar-refractivity contribution in [3.05, 3.63) is 58.8 Å². The van der Waals surface area contributed by atoms with Crippen LogP contribution in [0.5, 0.6) is 0 Å².